The first-order valence-corrected chi connectivity index (χ1v) is 11.8. The Morgan fingerprint density at radius 2 is 1.71 bits per heavy atom. The van der Waals surface area contributed by atoms with Crippen molar-refractivity contribution in [3.05, 3.63) is 64.3 Å². The fraction of sp³-hybridized carbons (Fsp3) is 0.320. The maximum absolute atomic E-state index is 12.9. The lowest BCUT2D eigenvalue weighted by Gasteiger charge is -2.21. The highest BCUT2D eigenvalue weighted by Gasteiger charge is 2.23. The molecule has 0 atom stereocenters. The van der Waals surface area contributed by atoms with Crippen LogP contribution >= 0.6 is 23.2 Å². The van der Waals surface area contributed by atoms with E-state index >= 15 is 0 Å². The fourth-order valence-corrected chi connectivity index (χ4v) is 3.50. The number of aromatic nitrogens is 2. The van der Waals surface area contributed by atoms with Gasteiger partial charge in [0.25, 0.3) is 0 Å². The van der Waals surface area contributed by atoms with Crippen LogP contribution in [0.1, 0.15) is 33.4 Å². The Hall–Kier alpha value is -3.23. The molecule has 0 radical (unpaired) electrons. The van der Waals surface area contributed by atoms with E-state index in [0.717, 1.165) is 5.69 Å². The normalized spacial score (nSPS) is 11.2. The molecule has 2 N–H and O–H groups in total. The molecule has 0 bridgehead atoms. The second-order valence-electron chi connectivity index (χ2n) is 8.90. The molecule has 0 aliphatic carbocycles. The number of urea groups is 1. The molecule has 0 aliphatic heterocycles. The van der Waals surface area contributed by atoms with Gasteiger partial charge in [0.2, 0.25) is 5.91 Å². The van der Waals surface area contributed by atoms with Crippen molar-refractivity contribution in [1.82, 2.24) is 14.7 Å². The molecule has 2 aromatic carbocycles. The molecule has 3 amide bonds. The average molecular weight is 518 g/mol. The number of ether oxygens (including phenoxy) is 1. The SMILES string of the molecule is CCN(CC(=O)Nc1cc(C(C)(C)C)nn1-c1ccc(Cl)c(Cl)c1)C(=O)Nc1ccc(OC)cc1. The predicted octanol–water partition coefficient (Wildman–Crippen LogP) is 5.98. The Balaban J connectivity index is 1.77. The molecular weight excluding hydrogens is 489 g/mol. The van der Waals surface area contributed by atoms with Crippen molar-refractivity contribution in [3.8, 4) is 11.4 Å². The van der Waals surface area contributed by atoms with Gasteiger partial charge in [-0.3, -0.25) is 4.79 Å². The largest absolute Gasteiger partial charge is 0.497 e. The molecule has 0 fully saturated rings. The predicted molar refractivity (Wildman–Crippen MR) is 140 cm³/mol. The summed E-state index contributed by atoms with van der Waals surface area (Å²) in [5, 5.41) is 11.1. The molecule has 1 aromatic heterocycles. The zero-order chi connectivity index (χ0) is 25.8. The number of nitrogens with zero attached hydrogens (tertiary/aromatic N) is 3. The van der Waals surface area contributed by atoms with Gasteiger partial charge in [-0.05, 0) is 49.4 Å². The van der Waals surface area contributed by atoms with Gasteiger partial charge in [0, 0.05) is 23.7 Å². The highest BCUT2D eigenvalue weighted by atomic mass is 35.5. The second kappa shape index (κ2) is 11.0. The first kappa shape index (κ1) is 26.4. The number of amides is 3. The highest BCUT2D eigenvalue weighted by molar-refractivity contribution is 6.42. The van der Waals surface area contributed by atoms with Crippen LogP contribution in [-0.2, 0) is 10.2 Å². The molecule has 186 valence electrons. The summed E-state index contributed by atoms with van der Waals surface area (Å²) in [7, 11) is 1.57. The van der Waals surface area contributed by atoms with Crippen molar-refractivity contribution >= 4 is 46.6 Å². The molecule has 0 saturated carbocycles. The summed E-state index contributed by atoms with van der Waals surface area (Å²) in [4.78, 5) is 27.1. The number of hydrogen-bond acceptors (Lipinski definition) is 4. The Kier molecular flexibility index (Phi) is 8.30. The van der Waals surface area contributed by atoms with E-state index in [1.807, 2.05) is 26.8 Å². The van der Waals surface area contributed by atoms with Crippen LogP contribution in [0.2, 0.25) is 10.0 Å². The number of carbonyl (C=O) groups excluding carboxylic acids is 2. The average Bonchev–Trinajstić information content (AvgIpc) is 3.24. The lowest BCUT2D eigenvalue weighted by molar-refractivity contribution is -0.116. The minimum absolute atomic E-state index is 0.143. The first-order chi connectivity index (χ1) is 16.5. The Labute approximate surface area is 215 Å². The van der Waals surface area contributed by atoms with Gasteiger partial charge >= 0.3 is 6.03 Å². The lowest BCUT2D eigenvalue weighted by Crippen LogP contribution is -2.40. The third-order valence-corrected chi connectivity index (χ3v) is 5.98. The van der Waals surface area contributed by atoms with E-state index < -0.39 is 0 Å². The van der Waals surface area contributed by atoms with Crippen LogP contribution in [0.15, 0.2) is 48.5 Å². The zero-order valence-electron chi connectivity index (χ0n) is 20.4. The molecule has 10 heteroatoms. The fourth-order valence-electron chi connectivity index (χ4n) is 3.21. The van der Waals surface area contributed by atoms with Gasteiger partial charge in [0.15, 0.2) is 0 Å². The summed E-state index contributed by atoms with van der Waals surface area (Å²) in [5.74, 6) is 0.784. The van der Waals surface area contributed by atoms with Crippen molar-refractivity contribution in [3.63, 3.8) is 0 Å². The molecule has 1 heterocycles. The lowest BCUT2D eigenvalue weighted by atomic mass is 9.92. The highest BCUT2D eigenvalue weighted by Crippen LogP contribution is 2.29. The first-order valence-electron chi connectivity index (χ1n) is 11.1. The zero-order valence-corrected chi connectivity index (χ0v) is 21.9. The van der Waals surface area contributed by atoms with Crippen molar-refractivity contribution in [1.29, 1.82) is 0 Å². The Bertz CT molecular complexity index is 1200. The van der Waals surface area contributed by atoms with Gasteiger partial charge in [0.05, 0.1) is 28.5 Å². The van der Waals surface area contributed by atoms with Crippen molar-refractivity contribution in [2.75, 3.05) is 30.8 Å². The molecule has 35 heavy (non-hydrogen) atoms. The Morgan fingerprint density at radius 1 is 1.03 bits per heavy atom. The summed E-state index contributed by atoms with van der Waals surface area (Å²) < 4.78 is 6.74. The molecule has 0 unspecified atom stereocenters. The molecule has 0 saturated heterocycles. The van der Waals surface area contributed by atoms with Crippen LogP contribution < -0.4 is 15.4 Å². The van der Waals surface area contributed by atoms with E-state index in [9.17, 15) is 9.59 Å². The molecule has 0 aliphatic rings. The molecule has 0 spiro atoms. The molecule has 8 nitrogen and oxygen atoms in total. The van der Waals surface area contributed by atoms with Crippen LogP contribution in [0, 0.1) is 0 Å². The number of benzene rings is 2. The summed E-state index contributed by atoms with van der Waals surface area (Å²) in [5.41, 5.74) is 1.77. The molecular formula is C25H29Cl2N5O3. The van der Waals surface area contributed by atoms with Gasteiger partial charge in [-0.15, -0.1) is 0 Å². The smallest absolute Gasteiger partial charge is 0.322 e. The third kappa shape index (κ3) is 6.68. The number of hydrogen-bond donors (Lipinski definition) is 2. The van der Waals surface area contributed by atoms with Crippen LogP contribution in [0.25, 0.3) is 5.69 Å². The molecule has 3 aromatic rings. The maximum Gasteiger partial charge on any atom is 0.322 e. The van der Waals surface area contributed by atoms with Crippen LogP contribution in [-0.4, -0.2) is 46.8 Å². The summed E-state index contributed by atoms with van der Waals surface area (Å²) in [6, 6.07) is 13.5. The Morgan fingerprint density at radius 3 is 2.29 bits per heavy atom. The van der Waals surface area contributed by atoms with Gasteiger partial charge in [-0.1, -0.05) is 44.0 Å². The standard InChI is InChI=1S/C25H29Cl2N5O3/c1-6-31(24(34)28-16-7-10-18(35-5)11-8-16)15-23(33)29-22-14-21(25(2,3)4)30-32(22)17-9-12-19(26)20(27)13-17/h7-14H,6,15H2,1-5H3,(H,28,34)(H,29,33). The monoisotopic (exact) mass is 517 g/mol. The summed E-state index contributed by atoms with van der Waals surface area (Å²) in [6.45, 7) is 8.09. The van der Waals surface area contributed by atoms with Crippen LogP contribution in [0.3, 0.4) is 0 Å². The molecule has 3 rings (SSSR count). The van der Waals surface area contributed by atoms with Crippen LogP contribution in [0.4, 0.5) is 16.3 Å². The second-order valence-corrected chi connectivity index (χ2v) is 9.71. The van der Waals surface area contributed by atoms with Crippen molar-refractivity contribution < 1.29 is 14.3 Å². The maximum atomic E-state index is 12.9. The minimum Gasteiger partial charge on any atom is -0.497 e. The number of likely N-dealkylation sites (N-methyl/N-ethyl adjacent to an activating group) is 1. The van der Waals surface area contributed by atoms with Crippen LogP contribution in [0.5, 0.6) is 5.75 Å². The van der Waals surface area contributed by atoms with E-state index in [-0.39, 0.29) is 23.9 Å². The number of rotatable bonds is 7. The third-order valence-electron chi connectivity index (χ3n) is 5.24. The van der Waals surface area contributed by atoms with Crippen molar-refractivity contribution in [2.24, 2.45) is 0 Å². The van der Waals surface area contributed by atoms with E-state index in [1.54, 1.807) is 61.2 Å². The van der Waals surface area contributed by atoms with Gasteiger partial charge in [-0.2, -0.15) is 5.10 Å². The number of carbonyl (C=O) groups is 2. The van der Waals surface area contributed by atoms with E-state index in [4.69, 9.17) is 27.9 Å². The summed E-state index contributed by atoms with van der Waals surface area (Å²) in [6.07, 6.45) is 0. The summed E-state index contributed by atoms with van der Waals surface area (Å²) >= 11 is 12.3. The van der Waals surface area contributed by atoms with E-state index in [1.165, 1.54) is 4.90 Å². The number of anilines is 2. The number of methoxy groups -OCH3 is 1. The van der Waals surface area contributed by atoms with Gasteiger partial charge < -0.3 is 20.3 Å². The van der Waals surface area contributed by atoms with E-state index in [2.05, 4.69) is 15.7 Å². The van der Waals surface area contributed by atoms with E-state index in [0.29, 0.717) is 39.5 Å². The van der Waals surface area contributed by atoms with Crippen molar-refractivity contribution in [2.45, 2.75) is 33.1 Å². The van der Waals surface area contributed by atoms with Gasteiger partial charge in [-0.25, -0.2) is 9.48 Å². The van der Waals surface area contributed by atoms with Gasteiger partial charge in [0.1, 0.15) is 18.1 Å². The minimum atomic E-state index is -0.388. The quantitative estimate of drug-likeness (QED) is 0.403. The number of nitrogens with one attached hydrogen (secondary N) is 2. The topological polar surface area (TPSA) is 88.5 Å². The number of halogens is 2.